The maximum atomic E-state index is 14.5. The van der Waals surface area contributed by atoms with Gasteiger partial charge < -0.3 is 0 Å². The Kier molecular flexibility index (Phi) is 3.79. The topological polar surface area (TPSA) is 69.0 Å². The molecule has 7 heteroatoms. The molecule has 0 N–H and O–H groups in total. The first-order valence-electron chi connectivity index (χ1n) is 6.63. The molecule has 0 aliphatic rings. The molecule has 0 spiro atoms. The quantitative estimate of drug-likeness (QED) is 0.690. The highest BCUT2D eigenvalue weighted by molar-refractivity contribution is 7.90. The second-order valence-corrected chi connectivity index (χ2v) is 6.50. The van der Waals surface area contributed by atoms with Crippen molar-refractivity contribution in [2.24, 2.45) is 0 Å². The van der Waals surface area contributed by atoms with E-state index in [2.05, 4.69) is 4.98 Å². The lowest BCUT2D eigenvalue weighted by atomic mass is 10.1. The van der Waals surface area contributed by atoms with Crippen molar-refractivity contribution >= 4 is 16.3 Å². The van der Waals surface area contributed by atoms with E-state index >= 15 is 0 Å². The van der Waals surface area contributed by atoms with Crippen LogP contribution in [-0.2, 0) is 10.0 Å². The summed E-state index contributed by atoms with van der Waals surface area (Å²) in [6.07, 6.45) is 2.83. The fourth-order valence-electron chi connectivity index (χ4n) is 2.22. The van der Waals surface area contributed by atoms with Gasteiger partial charge in [-0.25, -0.2) is 12.4 Å². The molecule has 5 nitrogen and oxygen atoms in total. The minimum Gasteiger partial charge on any atom is -0.298 e. The fraction of sp³-hybridized carbons (Fsp3) is 0. The number of hydrogen-bond acceptors (Lipinski definition) is 4. The highest BCUT2D eigenvalue weighted by Crippen LogP contribution is 2.28. The zero-order chi connectivity index (χ0) is 16.4. The molecule has 23 heavy (non-hydrogen) atoms. The van der Waals surface area contributed by atoms with Crippen molar-refractivity contribution < 1.29 is 17.6 Å². The van der Waals surface area contributed by atoms with Crippen LogP contribution >= 0.6 is 0 Å². The van der Waals surface area contributed by atoms with Crippen LogP contribution in [0.1, 0.15) is 10.4 Å². The lowest BCUT2D eigenvalue weighted by molar-refractivity contribution is 0.111. The van der Waals surface area contributed by atoms with Gasteiger partial charge >= 0.3 is 0 Å². The summed E-state index contributed by atoms with van der Waals surface area (Å²) >= 11 is 0. The number of aldehydes is 1. The Morgan fingerprint density at radius 2 is 1.83 bits per heavy atom. The van der Waals surface area contributed by atoms with Gasteiger partial charge in [0.1, 0.15) is 4.90 Å². The molecule has 0 unspecified atom stereocenters. The minimum absolute atomic E-state index is 0.0778. The van der Waals surface area contributed by atoms with Gasteiger partial charge in [0.05, 0.1) is 11.3 Å². The van der Waals surface area contributed by atoms with Crippen LogP contribution in [0, 0.1) is 5.95 Å². The molecule has 116 valence electrons. The zero-order valence-electron chi connectivity index (χ0n) is 11.8. The number of carbonyl (C=O) groups excluding carboxylic acids is 1. The number of benzene rings is 1. The van der Waals surface area contributed by atoms with Crippen molar-refractivity contribution in [3.05, 3.63) is 72.4 Å². The van der Waals surface area contributed by atoms with Gasteiger partial charge in [-0.05, 0) is 23.8 Å². The summed E-state index contributed by atoms with van der Waals surface area (Å²) < 4.78 is 40.5. The van der Waals surface area contributed by atoms with E-state index in [0.717, 1.165) is 6.20 Å². The highest BCUT2D eigenvalue weighted by atomic mass is 32.2. The van der Waals surface area contributed by atoms with Gasteiger partial charge in [-0.3, -0.25) is 9.78 Å². The predicted octanol–water partition coefficient (Wildman–Crippen LogP) is 2.74. The monoisotopic (exact) mass is 330 g/mol. The molecule has 0 aliphatic heterocycles. The maximum Gasteiger partial charge on any atom is 0.272 e. The van der Waals surface area contributed by atoms with Crippen LogP contribution in [0.5, 0.6) is 0 Å². The molecule has 3 aromatic rings. The predicted molar refractivity (Wildman–Crippen MR) is 82.0 cm³/mol. The smallest absolute Gasteiger partial charge is 0.272 e. The molecule has 0 saturated heterocycles. The van der Waals surface area contributed by atoms with Crippen LogP contribution in [0.3, 0.4) is 0 Å². The Morgan fingerprint density at radius 1 is 1.09 bits per heavy atom. The van der Waals surface area contributed by atoms with Crippen molar-refractivity contribution in [1.29, 1.82) is 0 Å². The molecule has 0 amide bonds. The number of carbonyl (C=O) groups is 1. The van der Waals surface area contributed by atoms with Crippen molar-refractivity contribution in [2.75, 3.05) is 0 Å². The van der Waals surface area contributed by atoms with Gasteiger partial charge in [0.25, 0.3) is 10.0 Å². The molecule has 1 aromatic carbocycles. The molecule has 0 fully saturated rings. The number of aromatic nitrogens is 2. The molecule has 2 heterocycles. The molecule has 0 saturated carbocycles. The molecule has 0 aliphatic carbocycles. The second kappa shape index (κ2) is 5.77. The lowest BCUT2D eigenvalue weighted by Crippen LogP contribution is -2.16. The van der Waals surface area contributed by atoms with Crippen LogP contribution in [0.2, 0.25) is 0 Å². The first-order chi connectivity index (χ1) is 11.1. The summed E-state index contributed by atoms with van der Waals surface area (Å²) in [4.78, 5) is 14.6. The molecular weight excluding hydrogens is 319 g/mol. The summed E-state index contributed by atoms with van der Waals surface area (Å²) in [5.41, 5.74) is 0.234. The maximum absolute atomic E-state index is 14.5. The van der Waals surface area contributed by atoms with Gasteiger partial charge in [0.15, 0.2) is 6.29 Å². The number of hydrogen-bond donors (Lipinski definition) is 0. The Labute approximate surface area is 132 Å². The first-order valence-corrected chi connectivity index (χ1v) is 8.07. The van der Waals surface area contributed by atoms with Crippen LogP contribution in [0.15, 0.2) is 65.8 Å². The summed E-state index contributed by atoms with van der Waals surface area (Å²) in [7, 11) is -4.22. The minimum atomic E-state index is -4.22. The number of rotatable bonds is 4. The summed E-state index contributed by atoms with van der Waals surface area (Å²) in [5, 5.41) is 0. The third kappa shape index (κ3) is 2.55. The van der Waals surface area contributed by atoms with E-state index in [1.54, 1.807) is 30.3 Å². The Balaban J connectivity index is 2.31. The third-order valence-electron chi connectivity index (χ3n) is 3.30. The van der Waals surface area contributed by atoms with Crippen LogP contribution in [0.25, 0.3) is 11.3 Å². The zero-order valence-corrected chi connectivity index (χ0v) is 12.6. The number of pyridine rings is 1. The molecule has 2 aromatic heterocycles. The van der Waals surface area contributed by atoms with Crippen molar-refractivity contribution in [3.8, 4) is 11.3 Å². The summed E-state index contributed by atoms with van der Waals surface area (Å²) in [6.45, 7) is 0. The van der Waals surface area contributed by atoms with E-state index in [9.17, 15) is 17.6 Å². The van der Waals surface area contributed by atoms with Gasteiger partial charge in [-0.15, -0.1) is 0 Å². The summed E-state index contributed by atoms with van der Waals surface area (Å²) in [5.74, 6) is -1.12. The largest absolute Gasteiger partial charge is 0.298 e. The normalized spacial score (nSPS) is 11.3. The van der Waals surface area contributed by atoms with Gasteiger partial charge in [0, 0.05) is 12.4 Å². The Bertz CT molecular complexity index is 952. The average molecular weight is 330 g/mol. The van der Waals surface area contributed by atoms with E-state index < -0.39 is 16.0 Å². The van der Waals surface area contributed by atoms with E-state index in [1.165, 1.54) is 24.4 Å². The molecule has 0 bridgehead atoms. The van der Waals surface area contributed by atoms with Crippen LogP contribution in [0.4, 0.5) is 4.39 Å². The molecule has 3 rings (SSSR count). The lowest BCUT2D eigenvalue weighted by Gasteiger charge is -2.11. The van der Waals surface area contributed by atoms with Gasteiger partial charge in [-0.2, -0.15) is 4.39 Å². The second-order valence-electron chi connectivity index (χ2n) is 4.72. The number of halogens is 1. The molecule has 0 atom stereocenters. The Morgan fingerprint density at radius 3 is 2.43 bits per heavy atom. The Hall–Kier alpha value is -2.80. The van der Waals surface area contributed by atoms with Gasteiger partial charge in [0.2, 0.25) is 5.95 Å². The van der Waals surface area contributed by atoms with E-state index in [0.29, 0.717) is 9.54 Å². The van der Waals surface area contributed by atoms with E-state index in [1.807, 2.05) is 0 Å². The summed E-state index contributed by atoms with van der Waals surface area (Å²) in [6, 6.07) is 12.4. The number of nitrogens with zero attached hydrogens (tertiary/aromatic N) is 2. The van der Waals surface area contributed by atoms with Crippen molar-refractivity contribution in [1.82, 2.24) is 8.96 Å². The fourth-order valence-corrected chi connectivity index (χ4v) is 3.61. The third-order valence-corrected chi connectivity index (χ3v) is 4.97. The highest BCUT2D eigenvalue weighted by Gasteiger charge is 2.27. The van der Waals surface area contributed by atoms with Crippen molar-refractivity contribution in [3.63, 3.8) is 0 Å². The standard InChI is InChI=1S/C16H11FN2O3S/c17-16-13(11-20)9-15(12-5-2-1-3-6-12)19(16)23(21,22)14-7-4-8-18-10-14/h1-11H. The first kappa shape index (κ1) is 15.1. The van der Waals surface area contributed by atoms with Crippen LogP contribution in [-0.4, -0.2) is 23.7 Å². The van der Waals surface area contributed by atoms with Crippen molar-refractivity contribution in [2.45, 2.75) is 4.90 Å². The average Bonchev–Trinajstić information content (AvgIpc) is 2.94. The van der Waals surface area contributed by atoms with E-state index in [-0.39, 0.29) is 22.4 Å². The SMILES string of the molecule is O=Cc1cc(-c2ccccc2)n(S(=O)(=O)c2cccnc2)c1F. The van der Waals surface area contributed by atoms with Crippen LogP contribution < -0.4 is 0 Å². The molecular formula is C16H11FN2O3S. The van der Waals surface area contributed by atoms with E-state index in [4.69, 9.17) is 0 Å². The van der Waals surface area contributed by atoms with Gasteiger partial charge in [-0.1, -0.05) is 30.3 Å². The molecule has 0 radical (unpaired) electrons.